The Hall–Kier alpha value is -0.870. The molecule has 1 N–H and O–H groups in total. The lowest BCUT2D eigenvalue weighted by atomic mass is 10.2. The second kappa shape index (κ2) is 6.62. The van der Waals surface area contributed by atoms with Crippen molar-refractivity contribution in [2.24, 2.45) is 0 Å². The van der Waals surface area contributed by atoms with Gasteiger partial charge in [-0.15, -0.1) is 0 Å². The fraction of sp³-hybridized carbons (Fsp3) is 0.667. The first-order valence-electron chi connectivity index (χ1n) is 4.22. The van der Waals surface area contributed by atoms with Crippen molar-refractivity contribution in [3.8, 4) is 0 Å². The van der Waals surface area contributed by atoms with Gasteiger partial charge in [0.25, 0.3) is 0 Å². The standard InChI is InChI=1S/C9H16O4/c1-4-12-8(3)13-6-5-7(2)9(10)11/h8H,2,4-6H2,1,3H3,(H,10,11). The van der Waals surface area contributed by atoms with Crippen LogP contribution >= 0.6 is 0 Å². The van der Waals surface area contributed by atoms with Gasteiger partial charge in [0.15, 0.2) is 6.29 Å². The summed E-state index contributed by atoms with van der Waals surface area (Å²) in [5.74, 6) is -0.979. The molecular weight excluding hydrogens is 172 g/mol. The summed E-state index contributed by atoms with van der Waals surface area (Å²) in [6.45, 7) is 7.93. The third-order valence-corrected chi connectivity index (χ3v) is 1.46. The number of carbonyl (C=O) groups is 1. The van der Waals surface area contributed by atoms with E-state index in [1.807, 2.05) is 6.92 Å². The summed E-state index contributed by atoms with van der Waals surface area (Å²) in [6, 6.07) is 0. The first-order chi connectivity index (χ1) is 6.07. The van der Waals surface area contributed by atoms with Crippen molar-refractivity contribution in [1.29, 1.82) is 0 Å². The van der Waals surface area contributed by atoms with E-state index in [1.165, 1.54) is 0 Å². The summed E-state index contributed by atoms with van der Waals surface area (Å²) >= 11 is 0. The van der Waals surface area contributed by atoms with Crippen molar-refractivity contribution in [2.45, 2.75) is 26.6 Å². The molecule has 0 amide bonds. The molecule has 0 aliphatic heterocycles. The van der Waals surface area contributed by atoms with Crippen LogP contribution in [0.25, 0.3) is 0 Å². The normalized spacial score (nSPS) is 12.5. The van der Waals surface area contributed by atoms with E-state index in [9.17, 15) is 4.79 Å². The van der Waals surface area contributed by atoms with Crippen LogP contribution in [-0.2, 0) is 14.3 Å². The fourth-order valence-electron chi connectivity index (χ4n) is 0.738. The molecule has 0 fully saturated rings. The minimum Gasteiger partial charge on any atom is -0.478 e. The first kappa shape index (κ1) is 12.1. The maximum atomic E-state index is 10.3. The molecule has 0 aliphatic carbocycles. The summed E-state index contributed by atoms with van der Waals surface area (Å²) in [7, 11) is 0. The molecule has 0 rings (SSSR count). The lowest BCUT2D eigenvalue weighted by molar-refractivity contribution is -0.135. The van der Waals surface area contributed by atoms with Crippen LogP contribution in [0.4, 0.5) is 0 Å². The summed E-state index contributed by atoms with van der Waals surface area (Å²) in [5, 5.41) is 8.46. The molecule has 0 heterocycles. The average Bonchev–Trinajstić information content (AvgIpc) is 2.04. The molecule has 76 valence electrons. The number of carboxylic acid groups (broad SMARTS) is 1. The lowest BCUT2D eigenvalue weighted by Gasteiger charge is -2.12. The van der Waals surface area contributed by atoms with Crippen LogP contribution in [0.1, 0.15) is 20.3 Å². The Morgan fingerprint density at radius 1 is 1.54 bits per heavy atom. The van der Waals surface area contributed by atoms with Gasteiger partial charge in [0, 0.05) is 18.6 Å². The minimum absolute atomic E-state index is 0.156. The van der Waals surface area contributed by atoms with Gasteiger partial charge in [-0.3, -0.25) is 0 Å². The van der Waals surface area contributed by atoms with Crippen LogP contribution in [0, 0.1) is 0 Å². The summed E-state index contributed by atoms with van der Waals surface area (Å²) < 4.78 is 10.2. The van der Waals surface area contributed by atoms with E-state index in [0.717, 1.165) is 0 Å². The largest absolute Gasteiger partial charge is 0.478 e. The third-order valence-electron chi connectivity index (χ3n) is 1.46. The van der Waals surface area contributed by atoms with Crippen LogP contribution in [0.15, 0.2) is 12.2 Å². The topological polar surface area (TPSA) is 55.8 Å². The number of carboxylic acids is 1. The Bertz CT molecular complexity index is 176. The van der Waals surface area contributed by atoms with Gasteiger partial charge < -0.3 is 14.6 Å². The fourth-order valence-corrected chi connectivity index (χ4v) is 0.738. The summed E-state index contributed by atoms with van der Waals surface area (Å²) in [5.41, 5.74) is 0.156. The summed E-state index contributed by atoms with van der Waals surface area (Å²) in [4.78, 5) is 10.3. The van der Waals surface area contributed by atoms with Crippen molar-refractivity contribution in [3.63, 3.8) is 0 Å². The van der Waals surface area contributed by atoms with E-state index in [-0.39, 0.29) is 11.9 Å². The molecule has 4 nitrogen and oxygen atoms in total. The molecule has 0 aromatic heterocycles. The Kier molecular flexibility index (Phi) is 6.18. The van der Waals surface area contributed by atoms with Gasteiger partial charge in [0.2, 0.25) is 0 Å². The highest BCUT2D eigenvalue weighted by atomic mass is 16.7. The second-order valence-corrected chi connectivity index (χ2v) is 2.55. The SMILES string of the molecule is C=C(CCOC(C)OCC)C(=O)O. The predicted octanol–water partition coefficient (Wildman–Crippen LogP) is 1.42. The highest BCUT2D eigenvalue weighted by Crippen LogP contribution is 2.01. The van der Waals surface area contributed by atoms with Gasteiger partial charge >= 0.3 is 5.97 Å². The molecule has 0 saturated heterocycles. The molecule has 0 bridgehead atoms. The predicted molar refractivity (Wildman–Crippen MR) is 48.4 cm³/mol. The Labute approximate surface area is 78.2 Å². The van der Waals surface area contributed by atoms with E-state index in [0.29, 0.717) is 19.6 Å². The van der Waals surface area contributed by atoms with E-state index in [1.54, 1.807) is 6.92 Å². The van der Waals surface area contributed by atoms with Crippen molar-refractivity contribution in [2.75, 3.05) is 13.2 Å². The molecule has 0 spiro atoms. The highest BCUT2D eigenvalue weighted by Gasteiger charge is 2.05. The maximum absolute atomic E-state index is 10.3. The van der Waals surface area contributed by atoms with Crippen molar-refractivity contribution >= 4 is 5.97 Å². The smallest absolute Gasteiger partial charge is 0.331 e. The summed E-state index contributed by atoms with van der Waals surface area (Å²) in [6.07, 6.45) is 0.0406. The number of hydrogen-bond acceptors (Lipinski definition) is 3. The van der Waals surface area contributed by atoms with Crippen LogP contribution in [0.2, 0.25) is 0 Å². The molecule has 13 heavy (non-hydrogen) atoms. The van der Waals surface area contributed by atoms with Crippen molar-refractivity contribution < 1.29 is 19.4 Å². The Balaban J connectivity index is 3.44. The van der Waals surface area contributed by atoms with Crippen LogP contribution in [0.3, 0.4) is 0 Å². The van der Waals surface area contributed by atoms with E-state index in [4.69, 9.17) is 14.6 Å². The van der Waals surface area contributed by atoms with Crippen LogP contribution in [-0.4, -0.2) is 30.6 Å². The quantitative estimate of drug-likeness (QED) is 0.485. The zero-order chi connectivity index (χ0) is 10.3. The van der Waals surface area contributed by atoms with Gasteiger partial charge in [0.1, 0.15) is 0 Å². The van der Waals surface area contributed by atoms with Crippen LogP contribution in [0.5, 0.6) is 0 Å². The zero-order valence-electron chi connectivity index (χ0n) is 8.08. The molecule has 0 aliphatic rings. The number of ether oxygens (including phenoxy) is 2. The van der Waals surface area contributed by atoms with E-state index < -0.39 is 5.97 Å². The minimum atomic E-state index is -0.979. The molecule has 0 aromatic rings. The monoisotopic (exact) mass is 188 g/mol. The van der Waals surface area contributed by atoms with Gasteiger partial charge in [-0.1, -0.05) is 6.58 Å². The van der Waals surface area contributed by atoms with Crippen molar-refractivity contribution in [3.05, 3.63) is 12.2 Å². The van der Waals surface area contributed by atoms with Gasteiger partial charge in [-0.05, 0) is 13.8 Å². The van der Waals surface area contributed by atoms with E-state index in [2.05, 4.69) is 6.58 Å². The highest BCUT2D eigenvalue weighted by molar-refractivity contribution is 5.85. The number of rotatable bonds is 7. The molecule has 0 aromatic carbocycles. The van der Waals surface area contributed by atoms with Gasteiger partial charge in [-0.25, -0.2) is 4.79 Å². The Morgan fingerprint density at radius 2 is 2.15 bits per heavy atom. The lowest BCUT2D eigenvalue weighted by Crippen LogP contribution is -2.14. The first-order valence-corrected chi connectivity index (χ1v) is 4.22. The van der Waals surface area contributed by atoms with E-state index >= 15 is 0 Å². The Morgan fingerprint density at radius 3 is 2.62 bits per heavy atom. The molecule has 0 radical (unpaired) electrons. The maximum Gasteiger partial charge on any atom is 0.331 e. The number of hydrogen-bond donors (Lipinski definition) is 1. The molecule has 4 heteroatoms. The second-order valence-electron chi connectivity index (χ2n) is 2.55. The zero-order valence-corrected chi connectivity index (χ0v) is 8.08. The molecule has 0 saturated carbocycles. The molecule has 1 unspecified atom stereocenters. The van der Waals surface area contributed by atoms with Gasteiger partial charge in [0.05, 0.1) is 6.61 Å². The molecular formula is C9H16O4. The van der Waals surface area contributed by atoms with Crippen molar-refractivity contribution in [1.82, 2.24) is 0 Å². The van der Waals surface area contributed by atoms with Crippen LogP contribution < -0.4 is 0 Å². The average molecular weight is 188 g/mol. The third kappa shape index (κ3) is 6.31. The number of aliphatic carboxylic acids is 1. The molecule has 1 atom stereocenters. The van der Waals surface area contributed by atoms with Gasteiger partial charge in [-0.2, -0.15) is 0 Å².